The maximum Gasteiger partial charge on any atom is -0.0131 e. The van der Waals surface area contributed by atoms with E-state index in [0.29, 0.717) is 5.41 Å². The first-order chi connectivity index (χ1) is 4.64. The lowest BCUT2D eigenvalue weighted by Crippen LogP contribution is -2.10. The summed E-state index contributed by atoms with van der Waals surface area (Å²) in [6.07, 6.45) is 9.52. The van der Waals surface area contributed by atoms with E-state index in [1.54, 1.807) is 0 Å². The maximum atomic E-state index is 3.75. The highest BCUT2D eigenvalue weighted by Crippen LogP contribution is 2.30. The molecule has 0 spiro atoms. The molecule has 0 nitrogen and oxygen atoms in total. The zero-order valence-corrected chi connectivity index (χ0v) is 6.72. The average molecular weight is 134 g/mol. The fraction of sp³-hybridized carbons (Fsp3) is 0.400. The molecule has 0 unspecified atom stereocenters. The second-order valence-electron chi connectivity index (χ2n) is 3.47. The Morgan fingerprint density at radius 1 is 1.60 bits per heavy atom. The summed E-state index contributed by atoms with van der Waals surface area (Å²) in [6.45, 7) is 8.22. The average Bonchev–Trinajstić information content (AvgIpc) is 1.86. The molecule has 0 amide bonds. The summed E-state index contributed by atoms with van der Waals surface area (Å²) < 4.78 is 0. The minimum absolute atomic E-state index is 0.332. The third-order valence-corrected chi connectivity index (χ3v) is 1.78. The fourth-order valence-corrected chi connectivity index (χ4v) is 1.22. The van der Waals surface area contributed by atoms with E-state index >= 15 is 0 Å². The van der Waals surface area contributed by atoms with Crippen LogP contribution in [-0.4, -0.2) is 0 Å². The van der Waals surface area contributed by atoms with E-state index in [1.807, 2.05) is 6.08 Å². The van der Waals surface area contributed by atoms with E-state index in [9.17, 15) is 0 Å². The van der Waals surface area contributed by atoms with E-state index in [0.717, 1.165) is 6.42 Å². The van der Waals surface area contributed by atoms with E-state index in [4.69, 9.17) is 0 Å². The monoisotopic (exact) mass is 134 g/mol. The molecule has 0 N–H and O–H groups in total. The van der Waals surface area contributed by atoms with Crippen LogP contribution < -0.4 is 0 Å². The normalized spacial score (nSPS) is 22.0. The minimum Gasteiger partial charge on any atom is -0.0988 e. The molecular weight excluding hydrogens is 120 g/mol. The van der Waals surface area contributed by atoms with Crippen molar-refractivity contribution in [2.75, 3.05) is 0 Å². The Hall–Kier alpha value is -0.780. The van der Waals surface area contributed by atoms with Crippen LogP contribution in [-0.2, 0) is 0 Å². The smallest absolute Gasteiger partial charge is 0.0131 e. The Morgan fingerprint density at radius 3 is 2.70 bits per heavy atom. The van der Waals surface area contributed by atoms with Crippen LogP contribution in [0.4, 0.5) is 0 Å². The summed E-state index contributed by atoms with van der Waals surface area (Å²) in [4.78, 5) is 0. The van der Waals surface area contributed by atoms with Gasteiger partial charge >= 0.3 is 0 Å². The Balaban J connectivity index is 2.77. The largest absolute Gasteiger partial charge is 0.0988 e. The van der Waals surface area contributed by atoms with Gasteiger partial charge in [-0.15, -0.1) is 0 Å². The molecule has 0 saturated heterocycles. The van der Waals surface area contributed by atoms with Crippen molar-refractivity contribution in [3.63, 3.8) is 0 Å². The van der Waals surface area contributed by atoms with Crippen molar-refractivity contribution in [1.82, 2.24) is 0 Å². The first-order valence-corrected chi connectivity index (χ1v) is 3.65. The van der Waals surface area contributed by atoms with E-state index in [2.05, 4.69) is 38.7 Å². The molecule has 0 fully saturated rings. The van der Waals surface area contributed by atoms with Gasteiger partial charge in [0.1, 0.15) is 0 Å². The summed E-state index contributed by atoms with van der Waals surface area (Å²) in [5.41, 5.74) is 1.67. The SMILES string of the molecule is C=CC1=CC=CC(C)(C)C1. The third kappa shape index (κ3) is 1.60. The van der Waals surface area contributed by atoms with Crippen molar-refractivity contribution in [3.05, 3.63) is 36.5 Å². The highest BCUT2D eigenvalue weighted by Gasteiger charge is 2.16. The zero-order valence-electron chi connectivity index (χ0n) is 6.72. The van der Waals surface area contributed by atoms with Crippen LogP contribution in [0, 0.1) is 5.41 Å². The van der Waals surface area contributed by atoms with Crippen molar-refractivity contribution in [3.8, 4) is 0 Å². The summed E-state index contributed by atoms with van der Waals surface area (Å²) >= 11 is 0. The molecule has 0 heterocycles. The molecule has 1 rings (SSSR count). The molecule has 0 aromatic heterocycles. The number of rotatable bonds is 1. The van der Waals surface area contributed by atoms with Gasteiger partial charge in [-0.3, -0.25) is 0 Å². The second kappa shape index (κ2) is 2.45. The van der Waals surface area contributed by atoms with E-state index in [1.165, 1.54) is 5.57 Å². The van der Waals surface area contributed by atoms with E-state index < -0.39 is 0 Å². The summed E-state index contributed by atoms with van der Waals surface area (Å²) in [7, 11) is 0. The van der Waals surface area contributed by atoms with Gasteiger partial charge in [-0.25, -0.2) is 0 Å². The molecule has 54 valence electrons. The van der Waals surface area contributed by atoms with Gasteiger partial charge < -0.3 is 0 Å². The third-order valence-electron chi connectivity index (χ3n) is 1.78. The van der Waals surface area contributed by atoms with Gasteiger partial charge in [0.15, 0.2) is 0 Å². The van der Waals surface area contributed by atoms with Gasteiger partial charge in [0.05, 0.1) is 0 Å². The molecule has 0 atom stereocenters. The van der Waals surface area contributed by atoms with Gasteiger partial charge in [0.2, 0.25) is 0 Å². The van der Waals surface area contributed by atoms with Crippen LogP contribution in [0.1, 0.15) is 20.3 Å². The second-order valence-corrected chi connectivity index (χ2v) is 3.47. The molecule has 0 aromatic carbocycles. The molecule has 1 aliphatic carbocycles. The van der Waals surface area contributed by atoms with Crippen LogP contribution in [0.25, 0.3) is 0 Å². The molecule has 0 saturated carbocycles. The highest BCUT2D eigenvalue weighted by molar-refractivity contribution is 5.29. The van der Waals surface area contributed by atoms with Crippen molar-refractivity contribution in [2.45, 2.75) is 20.3 Å². The summed E-state index contributed by atoms with van der Waals surface area (Å²) in [5.74, 6) is 0. The molecule has 0 aliphatic heterocycles. The Bertz CT molecular complexity index is 192. The molecule has 0 bridgehead atoms. The van der Waals surface area contributed by atoms with Crippen LogP contribution in [0.15, 0.2) is 36.5 Å². The van der Waals surface area contributed by atoms with Crippen molar-refractivity contribution in [2.24, 2.45) is 5.41 Å². The van der Waals surface area contributed by atoms with Crippen LogP contribution >= 0.6 is 0 Å². The maximum absolute atomic E-state index is 3.75. The number of hydrogen-bond donors (Lipinski definition) is 0. The fourth-order valence-electron chi connectivity index (χ4n) is 1.22. The molecule has 10 heavy (non-hydrogen) atoms. The van der Waals surface area contributed by atoms with Crippen LogP contribution in [0.3, 0.4) is 0 Å². The van der Waals surface area contributed by atoms with Crippen LogP contribution in [0.5, 0.6) is 0 Å². The quantitative estimate of drug-likeness (QED) is 0.517. The van der Waals surface area contributed by atoms with E-state index in [-0.39, 0.29) is 0 Å². The predicted octanol–water partition coefficient (Wildman–Crippen LogP) is 3.08. The van der Waals surface area contributed by atoms with Crippen molar-refractivity contribution in [1.29, 1.82) is 0 Å². The van der Waals surface area contributed by atoms with Crippen molar-refractivity contribution < 1.29 is 0 Å². The Kier molecular flexibility index (Phi) is 1.80. The molecule has 0 aromatic rings. The standard InChI is InChI=1S/C10H14/c1-4-9-6-5-7-10(2,3)8-9/h4-7H,1,8H2,2-3H3. The lowest BCUT2D eigenvalue weighted by atomic mass is 9.82. The lowest BCUT2D eigenvalue weighted by Gasteiger charge is -2.23. The predicted molar refractivity (Wildman–Crippen MR) is 45.8 cm³/mol. The van der Waals surface area contributed by atoms with Crippen molar-refractivity contribution >= 4 is 0 Å². The Morgan fingerprint density at radius 2 is 2.30 bits per heavy atom. The molecule has 0 heteroatoms. The highest BCUT2D eigenvalue weighted by atomic mass is 14.2. The topological polar surface area (TPSA) is 0 Å². The first-order valence-electron chi connectivity index (χ1n) is 3.65. The minimum atomic E-state index is 0.332. The van der Waals surface area contributed by atoms with Gasteiger partial charge in [0, 0.05) is 0 Å². The van der Waals surface area contributed by atoms with Gasteiger partial charge in [-0.2, -0.15) is 0 Å². The lowest BCUT2D eigenvalue weighted by molar-refractivity contribution is 0.475. The first kappa shape index (κ1) is 7.33. The van der Waals surface area contributed by atoms with Crippen LogP contribution in [0.2, 0.25) is 0 Å². The molecule has 0 radical (unpaired) electrons. The number of allylic oxidation sites excluding steroid dienone is 5. The summed E-state index contributed by atoms with van der Waals surface area (Å²) in [6, 6.07) is 0. The number of hydrogen-bond acceptors (Lipinski definition) is 0. The van der Waals surface area contributed by atoms with Gasteiger partial charge in [0.25, 0.3) is 0 Å². The summed E-state index contributed by atoms with van der Waals surface area (Å²) in [5, 5.41) is 0. The molecular formula is C10H14. The Labute approximate surface area is 62.9 Å². The molecule has 1 aliphatic rings. The van der Waals surface area contributed by atoms with Gasteiger partial charge in [-0.1, -0.05) is 44.7 Å². The zero-order chi connectivity index (χ0) is 7.61. The van der Waals surface area contributed by atoms with Gasteiger partial charge in [-0.05, 0) is 17.4 Å².